The Morgan fingerprint density at radius 3 is 1.86 bits per heavy atom. The average Bonchev–Trinajstić information content (AvgIpc) is 2.90. The molecule has 2 fully saturated rings. The Bertz CT molecular complexity index is 884. The normalized spacial score (nSPS) is 31.5. The molecule has 0 aliphatic heterocycles. The predicted molar refractivity (Wildman–Crippen MR) is 145 cm³/mol. The van der Waals surface area contributed by atoms with Crippen LogP contribution < -0.4 is 0 Å². The smallest absolute Gasteiger partial charge is 0.162 e. The van der Waals surface area contributed by atoms with E-state index < -0.39 is 11.6 Å². The summed E-state index contributed by atoms with van der Waals surface area (Å²) in [5.41, 5.74) is 1.17. The molecule has 0 saturated heterocycles. The van der Waals surface area contributed by atoms with E-state index in [1.54, 1.807) is 0 Å². The Hall–Kier alpha value is -1.51. The van der Waals surface area contributed by atoms with Crippen LogP contribution in [0.25, 0.3) is 0 Å². The summed E-state index contributed by atoms with van der Waals surface area (Å²) in [4.78, 5) is 0. The highest BCUT2D eigenvalue weighted by Crippen LogP contribution is 2.42. The maximum Gasteiger partial charge on any atom is 0.162 e. The van der Waals surface area contributed by atoms with Gasteiger partial charge in [-0.25, -0.2) is 13.2 Å². The molecule has 3 aliphatic carbocycles. The van der Waals surface area contributed by atoms with Crippen LogP contribution in [-0.2, 0) is 0 Å². The van der Waals surface area contributed by atoms with Gasteiger partial charge in [0.1, 0.15) is 5.83 Å². The summed E-state index contributed by atoms with van der Waals surface area (Å²) in [7, 11) is 0. The Kier molecular flexibility index (Phi) is 10.2. The van der Waals surface area contributed by atoms with Gasteiger partial charge in [-0.1, -0.05) is 63.8 Å². The van der Waals surface area contributed by atoms with E-state index in [0.29, 0.717) is 23.0 Å². The van der Waals surface area contributed by atoms with Gasteiger partial charge in [-0.05, 0) is 117 Å². The number of unbranched alkanes of at least 4 members (excludes halogenated alkanes) is 1. The first-order valence-electron chi connectivity index (χ1n) is 15.0. The number of hydrogen-bond acceptors (Lipinski definition) is 0. The number of rotatable bonds is 9. The van der Waals surface area contributed by atoms with E-state index in [4.69, 9.17) is 0 Å². The minimum atomic E-state index is -0.603. The topological polar surface area (TPSA) is 0 Å². The maximum atomic E-state index is 15.2. The monoisotopic (exact) mass is 500 g/mol. The van der Waals surface area contributed by atoms with E-state index in [9.17, 15) is 4.39 Å². The fraction of sp³-hybridized carbons (Fsp3) is 0.697. The van der Waals surface area contributed by atoms with Crippen LogP contribution in [0.3, 0.4) is 0 Å². The van der Waals surface area contributed by atoms with Crippen LogP contribution in [0.4, 0.5) is 13.2 Å². The molecule has 0 aromatic heterocycles. The zero-order valence-electron chi connectivity index (χ0n) is 22.6. The van der Waals surface area contributed by atoms with Crippen molar-refractivity contribution < 1.29 is 13.2 Å². The predicted octanol–water partition coefficient (Wildman–Crippen LogP) is 10.9. The van der Waals surface area contributed by atoms with Crippen molar-refractivity contribution in [1.82, 2.24) is 0 Å². The minimum Gasteiger partial charge on any atom is -0.212 e. The second-order valence-corrected chi connectivity index (χ2v) is 12.0. The van der Waals surface area contributed by atoms with Gasteiger partial charge in [-0.15, -0.1) is 0 Å². The Morgan fingerprint density at radius 2 is 1.31 bits per heavy atom. The third kappa shape index (κ3) is 6.87. The highest BCUT2D eigenvalue weighted by molar-refractivity contribution is 5.32. The molecule has 200 valence electrons. The molecule has 36 heavy (non-hydrogen) atoms. The van der Waals surface area contributed by atoms with Crippen LogP contribution in [0.1, 0.15) is 133 Å². The van der Waals surface area contributed by atoms with Gasteiger partial charge in [-0.3, -0.25) is 0 Å². The number of halogens is 3. The molecule has 2 atom stereocenters. The van der Waals surface area contributed by atoms with E-state index in [-0.39, 0.29) is 23.6 Å². The molecule has 0 heterocycles. The van der Waals surface area contributed by atoms with Gasteiger partial charge < -0.3 is 0 Å². The van der Waals surface area contributed by atoms with Crippen molar-refractivity contribution in [3.8, 4) is 0 Å². The van der Waals surface area contributed by atoms with Gasteiger partial charge in [0.15, 0.2) is 11.6 Å². The first-order valence-corrected chi connectivity index (χ1v) is 15.0. The number of benzene rings is 1. The standard InChI is InChI=1S/C33H47F3/c1-3-5-7-25-13-19-28(31(34)22-25)18-12-24-10-16-27(17-11-24)30-21-20-29(32(35)33(30)36)26-14-8-23(6-4-2)9-15-26/h12,18,20-28H,3-11,13-17,19H2,1-2H3/b18-12+. The molecule has 1 aromatic rings. The van der Waals surface area contributed by atoms with Gasteiger partial charge >= 0.3 is 0 Å². The third-order valence-corrected chi connectivity index (χ3v) is 9.48. The first-order chi connectivity index (χ1) is 17.5. The van der Waals surface area contributed by atoms with Crippen molar-refractivity contribution in [3.63, 3.8) is 0 Å². The summed E-state index contributed by atoms with van der Waals surface area (Å²) in [6.07, 6.45) is 21.9. The SMILES string of the molecule is CCCCC1C=C(F)C(/C=C/C2CCC(c3ccc(C4CCC(CCC)CC4)c(F)c3F)CC2)CC1. The highest BCUT2D eigenvalue weighted by Gasteiger charge is 2.29. The van der Waals surface area contributed by atoms with Gasteiger partial charge in [0.2, 0.25) is 0 Å². The Morgan fingerprint density at radius 1 is 0.694 bits per heavy atom. The summed E-state index contributed by atoms with van der Waals surface area (Å²) in [5.74, 6) is 0.610. The number of allylic oxidation sites excluding steroid dienone is 4. The number of hydrogen-bond donors (Lipinski definition) is 0. The Labute approximate surface area is 217 Å². The fourth-order valence-corrected chi connectivity index (χ4v) is 7.14. The van der Waals surface area contributed by atoms with Gasteiger partial charge in [-0.2, -0.15) is 0 Å². The average molecular weight is 501 g/mol. The van der Waals surface area contributed by atoms with Crippen molar-refractivity contribution in [2.75, 3.05) is 0 Å². The molecular formula is C33H47F3. The van der Waals surface area contributed by atoms with Crippen LogP contribution in [0.2, 0.25) is 0 Å². The second-order valence-electron chi connectivity index (χ2n) is 12.0. The van der Waals surface area contributed by atoms with Gasteiger partial charge in [0.05, 0.1) is 0 Å². The zero-order valence-corrected chi connectivity index (χ0v) is 22.6. The molecule has 0 nitrogen and oxygen atoms in total. The van der Waals surface area contributed by atoms with Crippen molar-refractivity contribution in [2.24, 2.45) is 23.7 Å². The van der Waals surface area contributed by atoms with E-state index in [0.717, 1.165) is 76.5 Å². The van der Waals surface area contributed by atoms with Crippen LogP contribution in [0.5, 0.6) is 0 Å². The molecule has 2 saturated carbocycles. The fourth-order valence-electron chi connectivity index (χ4n) is 7.14. The third-order valence-electron chi connectivity index (χ3n) is 9.48. The van der Waals surface area contributed by atoms with E-state index in [1.807, 2.05) is 18.2 Å². The van der Waals surface area contributed by atoms with Crippen molar-refractivity contribution in [2.45, 2.75) is 122 Å². The highest BCUT2D eigenvalue weighted by atomic mass is 19.2. The molecule has 0 radical (unpaired) electrons. The van der Waals surface area contributed by atoms with E-state index >= 15 is 8.78 Å². The molecule has 1 aromatic carbocycles. The van der Waals surface area contributed by atoms with Crippen molar-refractivity contribution >= 4 is 0 Å². The minimum absolute atomic E-state index is 0.0452. The molecule has 0 bridgehead atoms. The van der Waals surface area contributed by atoms with Crippen LogP contribution in [0.15, 0.2) is 36.2 Å². The van der Waals surface area contributed by atoms with Gasteiger partial charge in [0.25, 0.3) is 0 Å². The van der Waals surface area contributed by atoms with Crippen LogP contribution in [0, 0.1) is 35.3 Å². The quantitative estimate of drug-likeness (QED) is 0.296. The van der Waals surface area contributed by atoms with Crippen LogP contribution in [-0.4, -0.2) is 0 Å². The molecule has 0 N–H and O–H groups in total. The lowest BCUT2D eigenvalue weighted by Crippen LogP contribution is -2.17. The molecule has 0 spiro atoms. The molecule has 2 unspecified atom stereocenters. The summed E-state index contributed by atoms with van der Waals surface area (Å²) < 4.78 is 45.0. The first kappa shape index (κ1) is 27.5. The van der Waals surface area contributed by atoms with Gasteiger partial charge in [0, 0.05) is 5.92 Å². The zero-order chi connectivity index (χ0) is 25.5. The van der Waals surface area contributed by atoms with E-state index in [2.05, 4.69) is 26.0 Å². The summed E-state index contributed by atoms with van der Waals surface area (Å²) in [6, 6.07) is 3.76. The Balaban J connectivity index is 1.30. The lowest BCUT2D eigenvalue weighted by atomic mass is 9.75. The lowest BCUT2D eigenvalue weighted by Gasteiger charge is -2.30. The maximum absolute atomic E-state index is 15.2. The summed E-state index contributed by atoms with van der Waals surface area (Å²) in [5, 5.41) is 0. The second kappa shape index (κ2) is 13.3. The largest absolute Gasteiger partial charge is 0.212 e. The molecule has 3 aliphatic rings. The van der Waals surface area contributed by atoms with E-state index in [1.165, 1.54) is 25.7 Å². The van der Waals surface area contributed by atoms with Crippen LogP contribution >= 0.6 is 0 Å². The summed E-state index contributed by atoms with van der Waals surface area (Å²) in [6.45, 7) is 4.41. The lowest BCUT2D eigenvalue weighted by molar-refractivity contribution is 0.302. The van der Waals surface area contributed by atoms with Crippen molar-refractivity contribution in [1.29, 1.82) is 0 Å². The summed E-state index contributed by atoms with van der Waals surface area (Å²) >= 11 is 0. The molecule has 4 rings (SSSR count). The molecular weight excluding hydrogens is 453 g/mol. The molecule has 0 amide bonds. The molecule has 3 heteroatoms. The van der Waals surface area contributed by atoms with Crippen molar-refractivity contribution in [3.05, 3.63) is 58.9 Å².